The van der Waals surface area contributed by atoms with E-state index in [-0.39, 0.29) is 12.6 Å². The molecule has 1 aromatic heterocycles. The molecule has 1 aliphatic rings. The highest BCUT2D eigenvalue weighted by atomic mass is 16.4. The third kappa shape index (κ3) is 4.56. The van der Waals surface area contributed by atoms with Gasteiger partial charge in [-0.1, -0.05) is 19.3 Å². The van der Waals surface area contributed by atoms with Crippen LogP contribution in [0.25, 0.3) is 0 Å². The molecule has 0 bridgehead atoms. The number of carboxylic acids is 1. The van der Waals surface area contributed by atoms with Gasteiger partial charge in [-0.3, -0.25) is 9.48 Å². The van der Waals surface area contributed by atoms with Crippen LogP contribution in [0.15, 0.2) is 12.4 Å². The molecule has 110 valence electrons. The molecule has 1 fully saturated rings. The Bertz CT molecular complexity index is 466. The molecule has 0 atom stereocenters. The Kier molecular flexibility index (Phi) is 4.97. The van der Waals surface area contributed by atoms with Gasteiger partial charge in [0.05, 0.1) is 11.9 Å². The van der Waals surface area contributed by atoms with E-state index >= 15 is 0 Å². The zero-order chi connectivity index (χ0) is 14.4. The molecule has 3 N–H and O–H groups in total. The van der Waals surface area contributed by atoms with Gasteiger partial charge in [-0.15, -0.1) is 0 Å². The number of amides is 2. The van der Waals surface area contributed by atoms with Crippen LogP contribution in [-0.4, -0.2) is 33.4 Å². The molecule has 20 heavy (non-hydrogen) atoms. The zero-order valence-electron chi connectivity index (χ0n) is 11.3. The van der Waals surface area contributed by atoms with E-state index in [0.717, 1.165) is 0 Å². The van der Waals surface area contributed by atoms with Crippen LogP contribution < -0.4 is 10.6 Å². The molecule has 1 aromatic rings. The Morgan fingerprint density at radius 1 is 1.35 bits per heavy atom. The third-order valence-electron chi connectivity index (χ3n) is 3.46. The Labute approximate surface area is 117 Å². The van der Waals surface area contributed by atoms with E-state index in [1.54, 1.807) is 0 Å². The Morgan fingerprint density at radius 3 is 2.80 bits per heavy atom. The van der Waals surface area contributed by atoms with Gasteiger partial charge in [0.25, 0.3) is 0 Å². The van der Waals surface area contributed by atoms with Gasteiger partial charge in [0, 0.05) is 12.7 Å². The van der Waals surface area contributed by atoms with Gasteiger partial charge in [0.15, 0.2) is 0 Å². The number of aromatic nitrogens is 2. The molecule has 7 heteroatoms. The van der Waals surface area contributed by atoms with Crippen molar-refractivity contribution in [3.8, 4) is 0 Å². The van der Waals surface area contributed by atoms with Crippen LogP contribution in [0.1, 0.15) is 32.1 Å². The SMILES string of the molecule is O=C(O)Cn1cc(NC(=O)NCC2CCCCC2)cn1. The zero-order valence-corrected chi connectivity index (χ0v) is 11.3. The monoisotopic (exact) mass is 280 g/mol. The van der Waals surface area contributed by atoms with Crippen molar-refractivity contribution in [3.63, 3.8) is 0 Å². The first-order valence-electron chi connectivity index (χ1n) is 6.92. The number of hydrogen-bond acceptors (Lipinski definition) is 3. The lowest BCUT2D eigenvalue weighted by atomic mass is 9.89. The fourth-order valence-electron chi connectivity index (χ4n) is 2.46. The van der Waals surface area contributed by atoms with Crippen LogP contribution in [0.4, 0.5) is 10.5 Å². The van der Waals surface area contributed by atoms with Crippen LogP contribution in [0, 0.1) is 5.92 Å². The second kappa shape index (κ2) is 6.93. The summed E-state index contributed by atoms with van der Waals surface area (Å²) < 4.78 is 1.26. The number of rotatable bonds is 5. The summed E-state index contributed by atoms with van der Waals surface area (Å²) >= 11 is 0. The van der Waals surface area contributed by atoms with Crippen molar-refractivity contribution in [1.82, 2.24) is 15.1 Å². The van der Waals surface area contributed by atoms with E-state index in [0.29, 0.717) is 18.2 Å². The maximum Gasteiger partial charge on any atom is 0.325 e. The fourth-order valence-corrected chi connectivity index (χ4v) is 2.46. The number of nitrogens with zero attached hydrogens (tertiary/aromatic N) is 2. The van der Waals surface area contributed by atoms with Crippen LogP contribution in [0.2, 0.25) is 0 Å². The van der Waals surface area contributed by atoms with Crippen LogP contribution in [0.3, 0.4) is 0 Å². The Morgan fingerprint density at radius 2 is 2.10 bits per heavy atom. The normalized spacial score (nSPS) is 15.8. The van der Waals surface area contributed by atoms with Gasteiger partial charge in [0.2, 0.25) is 0 Å². The second-order valence-corrected chi connectivity index (χ2v) is 5.16. The molecule has 0 unspecified atom stereocenters. The predicted molar refractivity (Wildman–Crippen MR) is 73.5 cm³/mol. The topological polar surface area (TPSA) is 96.2 Å². The molecule has 2 amide bonds. The molecule has 1 aliphatic carbocycles. The van der Waals surface area contributed by atoms with Crippen molar-refractivity contribution >= 4 is 17.7 Å². The van der Waals surface area contributed by atoms with Gasteiger partial charge in [-0.2, -0.15) is 5.10 Å². The summed E-state index contributed by atoms with van der Waals surface area (Å²) in [6, 6.07) is -0.273. The molecule has 7 nitrogen and oxygen atoms in total. The van der Waals surface area contributed by atoms with E-state index in [4.69, 9.17) is 5.11 Å². The molecule has 1 saturated carbocycles. The van der Waals surface area contributed by atoms with Crippen LogP contribution in [0.5, 0.6) is 0 Å². The average Bonchev–Trinajstić information content (AvgIpc) is 2.84. The minimum Gasteiger partial charge on any atom is -0.480 e. The molecule has 2 rings (SSSR count). The first-order valence-corrected chi connectivity index (χ1v) is 6.92. The van der Waals surface area contributed by atoms with Crippen molar-refractivity contribution in [3.05, 3.63) is 12.4 Å². The first kappa shape index (κ1) is 14.4. The van der Waals surface area contributed by atoms with Gasteiger partial charge < -0.3 is 15.7 Å². The summed E-state index contributed by atoms with van der Waals surface area (Å²) in [4.78, 5) is 22.2. The van der Waals surface area contributed by atoms with Crippen molar-refractivity contribution in [2.45, 2.75) is 38.6 Å². The number of carboxylic acid groups (broad SMARTS) is 1. The number of hydrogen-bond donors (Lipinski definition) is 3. The Balaban J connectivity index is 1.73. The third-order valence-corrected chi connectivity index (χ3v) is 3.46. The van der Waals surface area contributed by atoms with Crippen LogP contribution in [-0.2, 0) is 11.3 Å². The lowest BCUT2D eigenvalue weighted by Gasteiger charge is -2.21. The number of anilines is 1. The quantitative estimate of drug-likeness (QED) is 0.764. The fraction of sp³-hybridized carbons (Fsp3) is 0.615. The lowest BCUT2D eigenvalue weighted by Crippen LogP contribution is -2.33. The lowest BCUT2D eigenvalue weighted by molar-refractivity contribution is -0.137. The van der Waals surface area contributed by atoms with Crippen molar-refractivity contribution in [2.75, 3.05) is 11.9 Å². The van der Waals surface area contributed by atoms with Gasteiger partial charge >= 0.3 is 12.0 Å². The molecule has 0 radical (unpaired) electrons. The highest BCUT2D eigenvalue weighted by molar-refractivity contribution is 5.88. The van der Waals surface area contributed by atoms with E-state index < -0.39 is 5.97 Å². The summed E-state index contributed by atoms with van der Waals surface area (Å²) in [7, 11) is 0. The summed E-state index contributed by atoms with van der Waals surface area (Å²) in [5.41, 5.74) is 0.493. The Hall–Kier alpha value is -2.05. The summed E-state index contributed by atoms with van der Waals surface area (Å²) in [5.74, 6) is -0.398. The number of nitrogens with one attached hydrogen (secondary N) is 2. The average molecular weight is 280 g/mol. The first-order chi connectivity index (χ1) is 9.63. The molecule has 0 aromatic carbocycles. The maximum atomic E-state index is 11.7. The number of carbonyl (C=O) groups excluding carboxylic acids is 1. The molecule has 0 aliphatic heterocycles. The minimum atomic E-state index is -0.971. The standard InChI is InChI=1S/C13H20N4O3/c18-12(19)9-17-8-11(7-15-17)16-13(20)14-6-10-4-2-1-3-5-10/h7-8,10H,1-6,9H2,(H,18,19)(H2,14,16,20). The maximum absolute atomic E-state index is 11.7. The van der Waals surface area contributed by atoms with Gasteiger partial charge in [-0.25, -0.2) is 4.79 Å². The highest BCUT2D eigenvalue weighted by Crippen LogP contribution is 2.22. The summed E-state index contributed by atoms with van der Waals surface area (Å²) in [6.07, 6.45) is 9.07. The number of carbonyl (C=O) groups is 2. The molecule has 0 saturated heterocycles. The van der Waals surface area contributed by atoms with Crippen molar-refractivity contribution in [2.24, 2.45) is 5.92 Å². The van der Waals surface area contributed by atoms with Crippen molar-refractivity contribution in [1.29, 1.82) is 0 Å². The minimum absolute atomic E-state index is 0.217. The highest BCUT2D eigenvalue weighted by Gasteiger charge is 2.14. The smallest absolute Gasteiger partial charge is 0.325 e. The molecular formula is C13H20N4O3. The second-order valence-electron chi connectivity index (χ2n) is 5.16. The largest absolute Gasteiger partial charge is 0.480 e. The molecule has 1 heterocycles. The van der Waals surface area contributed by atoms with Gasteiger partial charge in [0.1, 0.15) is 6.54 Å². The molecule has 0 spiro atoms. The van der Waals surface area contributed by atoms with E-state index in [9.17, 15) is 9.59 Å². The van der Waals surface area contributed by atoms with E-state index in [1.807, 2.05) is 0 Å². The number of aliphatic carboxylic acids is 1. The van der Waals surface area contributed by atoms with E-state index in [2.05, 4.69) is 15.7 Å². The predicted octanol–water partition coefficient (Wildman–Crippen LogP) is 1.67. The number of urea groups is 1. The van der Waals surface area contributed by atoms with Crippen molar-refractivity contribution < 1.29 is 14.7 Å². The van der Waals surface area contributed by atoms with Crippen LogP contribution >= 0.6 is 0 Å². The van der Waals surface area contributed by atoms with Gasteiger partial charge in [-0.05, 0) is 18.8 Å². The summed E-state index contributed by atoms with van der Waals surface area (Å²) in [6.45, 7) is 0.473. The molecular weight excluding hydrogens is 260 g/mol. The summed E-state index contributed by atoms with van der Waals surface area (Å²) in [5, 5.41) is 18.0. The van der Waals surface area contributed by atoms with E-state index in [1.165, 1.54) is 49.2 Å².